The van der Waals surface area contributed by atoms with Crippen LogP contribution >= 0.6 is 11.3 Å². The number of hydrogen-bond donors (Lipinski definition) is 1. The fraction of sp³-hybridized carbons (Fsp3) is 0.100. The Hall–Kier alpha value is -3.17. The monoisotopic (exact) mass is 426 g/mol. The summed E-state index contributed by atoms with van der Waals surface area (Å²) in [4.78, 5) is 25.3. The van der Waals surface area contributed by atoms with Crippen LogP contribution in [0.2, 0.25) is 0 Å². The molecule has 1 aliphatic heterocycles. The molecule has 0 radical (unpaired) electrons. The largest absolute Gasteiger partial charge is 0.414 e. The van der Waals surface area contributed by atoms with E-state index in [9.17, 15) is 18.0 Å². The highest BCUT2D eigenvalue weighted by Gasteiger charge is 2.31. The predicted molar refractivity (Wildman–Crippen MR) is 112 cm³/mol. The molecule has 3 aromatic carbocycles. The molecule has 146 valence electrons. The molecule has 0 unspecified atom stereocenters. The van der Waals surface area contributed by atoms with Crippen molar-refractivity contribution in [1.29, 1.82) is 0 Å². The van der Waals surface area contributed by atoms with Crippen molar-refractivity contribution in [3.63, 3.8) is 0 Å². The molecule has 0 spiro atoms. The van der Waals surface area contributed by atoms with E-state index < -0.39 is 15.0 Å². The van der Waals surface area contributed by atoms with Gasteiger partial charge in [-0.3, -0.25) is 9.52 Å². The molecule has 0 atom stereocenters. The van der Waals surface area contributed by atoms with Crippen molar-refractivity contribution in [3.8, 4) is 0 Å². The molecule has 0 saturated heterocycles. The number of carbonyl (C=O) groups is 1. The van der Waals surface area contributed by atoms with Gasteiger partial charge in [0, 0.05) is 22.9 Å². The van der Waals surface area contributed by atoms with Gasteiger partial charge in [-0.2, -0.15) is 0 Å². The molecule has 1 aromatic heterocycles. The molecule has 2 heterocycles. The molecule has 29 heavy (non-hydrogen) atoms. The second-order valence-electron chi connectivity index (χ2n) is 6.58. The van der Waals surface area contributed by atoms with Gasteiger partial charge in [-0.1, -0.05) is 23.5 Å². The summed E-state index contributed by atoms with van der Waals surface area (Å²) < 4.78 is 34.4. The number of nitrogens with zero attached hydrogens (tertiary/aromatic N) is 1. The lowest BCUT2D eigenvalue weighted by Crippen LogP contribution is -2.25. The van der Waals surface area contributed by atoms with Gasteiger partial charge < -0.3 is 9.32 Å². The van der Waals surface area contributed by atoms with Crippen LogP contribution in [0.1, 0.15) is 17.3 Å². The van der Waals surface area contributed by atoms with Crippen LogP contribution in [0.3, 0.4) is 0 Å². The smallest absolute Gasteiger partial charge is 0.396 e. The summed E-state index contributed by atoms with van der Waals surface area (Å²) in [5.41, 5.74) is 1.95. The molecule has 1 amide bonds. The molecule has 7 nitrogen and oxygen atoms in total. The quantitative estimate of drug-likeness (QED) is 0.536. The van der Waals surface area contributed by atoms with Crippen LogP contribution in [0.5, 0.6) is 0 Å². The number of sulfonamides is 1. The first-order valence-electron chi connectivity index (χ1n) is 8.83. The van der Waals surface area contributed by atoms with Crippen LogP contribution in [0.4, 0.5) is 11.4 Å². The van der Waals surface area contributed by atoms with Crippen LogP contribution in [0.15, 0.2) is 62.6 Å². The molecule has 1 aliphatic rings. The summed E-state index contributed by atoms with van der Waals surface area (Å²) in [7, 11) is -3.93. The molecule has 9 heteroatoms. The summed E-state index contributed by atoms with van der Waals surface area (Å²) in [6.07, 6.45) is 0. The van der Waals surface area contributed by atoms with Gasteiger partial charge >= 0.3 is 4.94 Å². The zero-order valence-electron chi connectivity index (χ0n) is 15.1. The number of anilines is 2. The number of benzene rings is 3. The number of rotatable bonds is 4. The van der Waals surface area contributed by atoms with Gasteiger partial charge in [0.15, 0.2) is 0 Å². The zero-order valence-corrected chi connectivity index (χ0v) is 16.8. The maximum absolute atomic E-state index is 13.1. The van der Waals surface area contributed by atoms with Gasteiger partial charge in [0.2, 0.25) is 0 Å². The molecule has 0 aliphatic carbocycles. The molecule has 1 N–H and O–H groups in total. The Balaban J connectivity index is 1.64. The molecule has 0 fully saturated rings. The first kappa shape index (κ1) is 17.9. The van der Waals surface area contributed by atoms with Gasteiger partial charge in [0.1, 0.15) is 5.58 Å². The van der Waals surface area contributed by atoms with Crippen molar-refractivity contribution >= 4 is 59.7 Å². The molecule has 0 saturated carbocycles. The van der Waals surface area contributed by atoms with Crippen molar-refractivity contribution in [2.45, 2.75) is 11.8 Å². The second-order valence-corrected chi connectivity index (χ2v) is 9.21. The van der Waals surface area contributed by atoms with Gasteiger partial charge in [0.25, 0.3) is 15.9 Å². The minimum atomic E-state index is -3.93. The van der Waals surface area contributed by atoms with Gasteiger partial charge in [-0.15, -0.1) is 0 Å². The third-order valence-corrected chi connectivity index (χ3v) is 7.16. The topological polar surface area (TPSA) is 96.7 Å². The lowest BCUT2D eigenvalue weighted by molar-refractivity contribution is 0.0994. The van der Waals surface area contributed by atoms with Crippen molar-refractivity contribution in [2.75, 3.05) is 16.2 Å². The van der Waals surface area contributed by atoms with Crippen molar-refractivity contribution < 1.29 is 17.6 Å². The average molecular weight is 426 g/mol. The molecular weight excluding hydrogens is 412 g/mol. The van der Waals surface area contributed by atoms with E-state index >= 15 is 0 Å². The Morgan fingerprint density at radius 2 is 1.93 bits per heavy atom. The molecule has 0 bridgehead atoms. The first-order chi connectivity index (χ1) is 13.9. The van der Waals surface area contributed by atoms with E-state index in [1.165, 1.54) is 12.1 Å². The number of nitrogens with one attached hydrogen (secondary N) is 1. The Morgan fingerprint density at radius 3 is 2.72 bits per heavy atom. The van der Waals surface area contributed by atoms with Crippen LogP contribution in [-0.2, 0) is 10.0 Å². The number of amides is 1. The highest BCUT2D eigenvalue weighted by Crippen LogP contribution is 2.40. The Bertz CT molecular complexity index is 1480. The van der Waals surface area contributed by atoms with Gasteiger partial charge in [0.05, 0.1) is 21.0 Å². The summed E-state index contributed by atoms with van der Waals surface area (Å²) in [5.74, 6) is -0.129. The van der Waals surface area contributed by atoms with Crippen LogP contribution < -0.4 is 14.6 Å². The van der Waals surface area contributed by atoms with E-state index in [4.69, 9.17) is 4.42 Å². The van der Waals surface area contributed by atoms with Crippen LogP contribution in [0, 0.1) is 0 Å². The second kappa shape index (κ2) is 6.16. The summed E-state index contributed by atoms with van der Waals surface area (Å²) in [6, 6.07) is 12.9. The lowest BCUT2D eigenvalue weighted by Gasteiger charge is -2.15. The fourth-order valence-corrected chi connectivity index (χ4v) is 5.67. The predicted octanol–water partition coefficient (Wildman–Crippen LogP) is 3.79. The van der Waals surface area contributed by atoms with E-state index in [1.54, 1.807) is 41.3 Å². The fourth-order valence-electron chi connectivity index (χ4n) is 3.71. The minimum absolute atomic E-state index is 0.0873. The SMILES string of the molecule is CCN1C(=O)c2cccc3c(S(=O)(=O)Nc4ccc5oc(=O)sc5c4)ccc1c23. The maximum atomic E-state index is 13.1. The summed E-state index contributed by atoms with van der Waals surface area (Å²) >= 11 is 0.906. The van der Waals surface area contributed by atoms with Crippen LogP contribution in [-0.4, -0.2) is 20.9 Å². The maximum Gasteiger partial charge on any atom is 0.396 e. The number of fused-ring (bicyclic) bond motifs is 1. The molecular formula is C20H14N2O5S2. The van der Waals surface area contributed by atoms with E-state index in [0.717, 1.165) is 11.3 Å². The van der Waals surface area contributed by atoms with E-state index in [0.29, 0.717) is 44.5 Å². The third-order valence-electron chi connectivity index (χ3n) is 4.93. The Kier molecular flexibility index (Phi) is 3.80. The average Bonchev–Trinajstić information content (AvgIpc) is 3.19. The molecule has 4 aromatic rings. The standard InChI is InChI=1S/C20H14N2O5S2/c1-2-22-14-7-9-17(12-4-3-5-13(18(12)14)19(22)23)29(25,26)21-11-6-8-15-16(10-11)28-20(24)27-15/h3-10,21H,2H2,1H3. The normalized spacial score (nSPS) is 13.6. The number of hydrogen-bond acceptors (Lipinski definition) is 6. The third kappa shape index (κ3) is 2.65. The van der Waals surface area contributed by atoms with Crippen molar-refractivity contribution in [1.82, 2.24) is 0 Å². The molecule has 5 rings (SSSR count). The van der Waals surface area contributed by atoms with E-state index in [-0.39, 0.29) is 10.8 Å². The lowest BCUT2D eigenvalue weighted by atomic mass is 10.1. The van der Waals surface area contributed by atoms with E-state index in [1.807, 2.05) is 6.92 Å². The highest BCUT2D eigenvalue weighted by molar-refractivity contribution is 7.93. The highest BCUT2D eigenvalue weighted by atomic mass is 32.2. The minimum Gasteiger partial charge on any atom is -0.414 e. The van der Waals surface area contributed by atoms with Gasteiger partial charge in [-0.25, -0.2) is 13.2 Å². The summed E-state index contributed by atoms with van der Waals surface area (Å²) in [6.45, 7) is 2.38. The van der Waals surface area contributed by atoms with Crippen molar-refractivity contribution in [2.24, 2.45) is 0 Å². The van der Waals surface area contributed by atoms with Crippen LogP contribution in [0.25, 0.3) is 21.1 Å². The number of carbonyl (C=O) groups excluding carboxylic acids is 1. The first-order valence-corrected chi connectivity index (χ1v) is 11.1. The van der Waals surface area contributed by atoms with Crippen molar-refractivity contribution in [3.05, 3.63) is 63.8 Å². The zero-order chi connectivity index (χ0) is 20.3. The summed E-state index contributed by atoms with van der Waals surface area (Å²) in [5, 5.41) is 1.14. The Labute approximate surface area is 169 Å². The Morgan fingerprint density at radius 1 is 1.10 bits per heavy atom. The van der Waals surface area contributed by atoms with E-state index in [2.05, 4.69) is 4.72 Å². The van der Waals surface area contributed by atoms with Gasteiger partial charge in [-0.05, 0) is 43.3 Å².